The first kappa shape index (κ1) is 15.6. The van der Waals surface area contributed by atoms with Gasteiger partial charge in [0, 0.05) is 12.0 Å². The lowest BCUT2D eigenvalue weighted by atomic mass is 10.2. The molecule has 0 radical (unpaired) electrons. The fourth-order valence-electron chi connectivity index (χ4n) is 1.42. The highest BCUT2D eigenvalue weighted by atomic mass is 35.6. The van der Waals surface area contributed by atoms with Crippen LogP contribution in [0.25, 0.3) is 0 Å². The smallest absolute Gasteiger partial charge is 0.262 e. The van der Waals surface area contributed by atoms with E-state index in [0.29, 0.717) is 13.0 Å². The van der Waals surface area contributed by atoms with Crippen LogP contribution >= 0.6 is 34.8 Å². The van der Waals surface area contributed by atoms with Gasteiger partial charge in [0.1, 0.15) is 6.54 Å². The lowest BCUT2D eigenvalue weighted by Gasteiger charge is -2.23. The summed E-state index contributed by atoms with van der Waals surface area (Å²) in [6.07, 6.45) is -0.244. The van der Waals surface area contributed by atoms with Crippen molar-refractivity contribution in [2.75, 3.05) is 0 Å². The van der Waals surface area contributed by atoms with Gasteiger partial charge in [0.2, 0.25) is 12.1 Å². The van der Waals surface area contributed by atoms with E-state index in [1.165, 1.54) is 0 Å². The number of hydrogen-bond acceptors (Lipinski definition) is 1. The predicted octanol–water partition coefficient (Wildman–Crippen LogP) is 1.97. The largest absolute Gasteiger partial charge is 0.319 e. The van der Waals surface area contributed by atoms with Crippen molar-refractivity contribution in [3.05, 3.63) is 35.9 Å². The summed E-state index contributed by atoms with van der Waals surface area (Å²) in [6.45, 7) is 2.38. The molecule has 3 N–H and O–H groups in total. The number of nitrogens with two attached hydrogens (primary N) is 1. The topological polar surface area (TPSA) is 45.7 Å². The molecule has 100 valence electrons. The van der Waals surface area contributed by atoms with Crippen LogP contribution in [0.3, 0.4) is 0 Å². The number of hydrogen-bond donors (Lipinski definition) is 2. The Balaban J connectivity index is 2.59. The lowest BCUT2D eigenvalue weighted by Crippen LogP contribution is -2.95. The van der Waals surface area contributed by atoms with Crippen LogP contribution in [0.2, 0.25) is 0 Å². The first-order valence-corrected chi connectivity index (χ1v) is 6.80. The zero-order chi connectivity index (χ0) is 13.6. The fourth-order valence-corrected chi connectivity index (χ4v) is 1.85. The second kappa shape index (κ2) is 7.19. The first-order valence-electron chi connectivity index (χ1n) is 5.66. The highest BCUT2D eigenvalue weighted by Gasteiger charge is 2.36. The Morgan fingerprint density at radius 2 is 1.94 bits per heavy atom. The summed E-state index contributed by atoms with van der Waals surface area (Å²) in [4.78, 5) is 11.4. The van der Waals surface area contributed by atoms with Crippen molar-refractivity contribution >= 4 is 40.7 Å². The first-order chi connectivity index (χ1) is 8.43. The molecular formula is C12H16Cl3N2O+. The molecule has 0 aliphatic rings. The second-order valence-electron chi connectivity index (χ2n) is 3.87. The van der Waals surface area contributed by atoms with Gasteiger partial charge in [-0.2, -0.15) is 0 Å². The van der Waals surface area contributed by atoms with E-state index < -0.39 is 9.96 Å². The highest BCUT2D eigenvalue weighted by Crippen LogP contribution is 2.27. The molecule has 0 saturated carbocycles. The summed E-state index contributed by atoms with van der Waals surface area (Å²) in [5.41, 5.74) is 1.10. The van der Waals surface area contributed by atoms with Crippen molar-refractivity contribution < 1.29 is 10.1 Å². The minimum atomic E-state index is -1.54. The molecule has 1 amide bonds. The number of benzene rings is 1. The molecule has 0 aromatic heterocycles. The van der Waals surface area contributed by atoms with E-state index in [9.17, 15) is 4.79 Å². The molecule has 0 aliphatic carbocycles. The molecule has 0 saturated heterocycles. The number of carbonyl (C=O) groups is 1. The van der Waals surface area contributed by atoms with Crippen molar-refractivity contribution in [2.24, 2.45) is 0 Å². The van der Waals surface area contributed by atoms with Crippen LogP contribution in [0, 0.1) is 0 Å². The number of nitrogens with one attached hydrogen (secondary N) is 1. The van der Waals surface area contributed by atoms with Gasteiger partial charge >= 0.3 is 0 Å². The molecule has 0 spiro atoms. The molecule has 1 atom stereocenters. The van der Waals surface area contributed by atoms with Gasteiger partial charge in [-0.15, -0.1) is 0 Å². The number of halogens is 3. The minimum Gasteiger partial charge on any atom is -0.319 e. The SMILES string of the molecule is CCC(=O)NC([NH2+]Cc1ccccc1)C(Cl)(Cl)Cl. The lowest BCUT2D eigenvalue weighted by molar-refractivity contribution is -0.707. The van der Waals surface area contributed by atoms with Crippen LogP contribution in [0.5, 0.6) is 0 Å². The molecule has 3 nitrogen and oxygen atoms in total. The van der Waals surface area contributed by atoms with E-state index in [-0.39, 0.29) is 5.91 Å². The summed E-state index contributed by atoms with van der Waals surface area (Å²) in [5, 5.41) is 4.49. The molecule has 1 aromatic rings. The molecule has 0 heterocycles. The molecule has 1 rings (SSSR count). The van der Waals surface area contributed by atoms with Crippen LogP contribution < -0.4 is 10.6 Å². The third-order valence-corrected chi connectivity index (χ3v) is 3.13. The molecule has 18 heavy (non-hydrogen) atoms. The van der Waals surface area contributed by atoms with Crippen molar-refractivity contribution in [3.63, 3.8) is 0 Å². The van der Waals surface area contributed by atoms with Crippen LogP contribution in [0.4, 0.5) is 0 Å². The van der Waals surface area contributed by atoms with Gasteiger partial charge in [0.05, 0.1) is 0 Å². The minimum absolute atomic E-state index is 0.143. The number of quaternary nitrogens is 1. The maximum absolute atomic E-state index is 11.4. The van der Waals surface area contributed by atoms with Crippen LogP contribution in [-0.2, 0) is 11.3 Å². The normalized spacial score (nSPS) is 13.1. The molecule has 6 heteroatoms. The zero-order valence-electron chi connectivity index (χ0n) is 10.00. The average molecular weight is 311 g/mol. The standard InChI is InChI=1S/C12H15Cl3N2O/c1-2-10(18)17-11(12(13,14)15)16-8-9-6-4-3-5-7-9/h3-7,11,16H,2,8H2,1H3,(H,17,18)/p+1. The van der Waals surface area contributed by atoms with Crippen molar-refractivity contribution in [1.29, 1.82) is 0 Å². The van der Waals surface area contributed by atoms with Gasteiger partial charge in [-0.25, -0.2) is 0 Å². The Labute approximate surface area is 122 Å². The summed E-state index contributed by atoms with van der Waals surface area (Å²) in [7, 11) is 0. The average Bonchev–Trinajstić information content (AvgIpc) is 2.34. The maximum Gasteiger partial charge on any atom is 0.262 e. The molecule has 0 fully saturated rings. The van der Waals surface area contributed by atoms with E-state index in [1.54, 1.807) is 12.2 Å². The molecule has 1 aromatic carbocycles. The Kier molecular flexibility index (Phi) is 6.22. The van der Waals surface area contributed by atoms with E-state index in [2.05, 4.69) is 5.32 Å². The van der Waals surface area contributed by atoms with E-state index >= 15 is 0 Å². The van der Waals surface area contributed by atoms with E-state index in [4.69, 9.17) is 34.8 Å². The van der Waals surface area contributed by atoms with Gasteiger partial charge in [-0.05, 0) is 0 Å². The van der Waals surface area contributed by atoms with Crippen LogP contribution in [0.15, 0.2) is 30.3 Å². The Bertz CT molecular complexity index is 379. The molecule has 1 unspecified atom stereocenters. The Hall–Kier alpha value is -0.480. The molecular weight excluding hydrogens is 295 g/mol. The van der Waals surface area contributed by atoms with Crippen molar-refractivity contribution in [3.8, 4) is 0 Å². The molecule has 0 bridgehead atoms. The predicted molar refractivity (Wildman–Crippen MR) is 74.6 cm³/mol. The van der Waals surface area contributed by atoms with Crippen molar-refractivity contribution in [1.82, 2.24) is 5.32 Å². The van der Waals surface area contributed by atoms with Gasteiger partial charge in [-0.1, -0.05) is 72.1 Å². The summed E-state index contributed by atoms with van der Waals surface area (Å²) in [6, 6.07) is 9.78. The number of amides is 1. The van der Waals surface area contributed by atoms with E-state index in [1.807, 2.05) is 30.3 Å². The molecule has 0 aliphatic heterocycles. The van der Waals surface area contributed by atoms with Gasteiger partial charge in [0.15, 0.2) is 0 Å². The van der Waals surface area contributed by atoms with E-state index in [0.717, 1.165) is 5.56 Å². The Morgan fingerprint density at radius 3 is 2.44 bits per heavy atom. The third-order valence-electron chi connectivity index (χ3n) is 2.42. The van der Waals surface area contributed by atoms with Gasteiger partial charge < -0.3 is 10.6 Å². The summed E-state index contributed by atoms with van der Waals surface area (Å²) >= 11 is 17.6. The summed E-state index contributed by atoms with van der Waals surface area (Å²) in [5.74, 6) is -0.143. The number of rotatable bonds is 5. The fraction of sp³-hybridized carbons (Fsp3) is 0.417. The highest BCUT2D eigenvalue weighted by molar-refractivity contribution is 6.68. The van der Waals surface area contributed by atoms with Crippen LogP contribution in [-0.4, -0.2) is 15.9 Å². The summed E-state index contributed by atoms with van der Waals surface area (Å²) < 4.78 is -1.54. The maximum atomic E-state index is 11.4. The van der Waals surface area contributed by atoms with Gasteiger partial charge in [0.25, 0.3) is 3.79 Å². The van der Waals surface area contributed by atoms with Crippen LogP contribution in [0.1, 0.15) is 18.9 Å². The number of carbonyl (C=O) groups excluding carboxylic acids is 1. The monoisotopic (exact) mass is 309 g/mol. The second-order valence-corrected chi connectivity index (χ2v) is 6.23. The number of alkyl halides is 3. The van der Waals surface area contributed by atoms with Crippen molar-refractivity contribution in [2.45, 2.75) is 29.8 Å². The van der Waals surface area contributed by atoms with Gasteiger partial charge in [-0.3, -0.25) is 4.79 Å². The quantitative estimate of drug-likeness (QED) is 0.634. The zero-order valence-corrected chi connectivity index (χ0v) is 12.3. The third kappa shape index (κ3) is 5.44. The Morgan fingerprint density at radius 1 is 1.33 bits per heavy atom.